The third kappa shape index (κ3) is 5.31. The fraction of sp³-hybridized carbons (Fsp3) is 0.179. The van der Waals surface area contributed by atoms with E-state index in [-0.39, 0.29) is 35.3 Å². The van der Waals surface area contributed by atoms with E-state index in [1.54, 1.807) is 25.1 Å². The number of esters is 1. The maximum Gasteiger partial charge on any atom is 0.416 e. The lowest BCUT2D eigenvalue weighted by molar-refractivity contribution is -0.688. The summed E-state index contributed by atoms with van der Waals surface area (Å²) in [5.41, 5.74) is 0.241. The molecule has 0 aliphatic carbocycles. The number of pyridine rings is 1. The van der Waals surface area contributed by atoms with Crippen LogP contribution < -0.4 is 27.6 Å². The van der Waals surface area contributed by atoms with E-state index < -0.39 is 29.4 Å². The number of carbonyl (C=O) groups excluding carboxylic acids is 1. The van der Waals surface area contributed by atoms with Gasteiger partial charge in [0, 0.05) is 29.1 Å². The molecule has 41 heavy (non-hydrogen) atoms. The summed E-state index contributed by atoms with van der Waals surface area (Å²) in [7, 11) is 1.18. The number of carbonyl (C=O) groups is 1. The molecule has 210 valence electrons. The van der Waals surface area contributed by atoms with Crippen molar-refractivity contribution in [2.75, 3.05) is 12.0 Å². The van der Waals surface area contributed by atoms with Gasteiger partial charge in [-0.3, -0.25) is 4.90 Å². The van der Waals surface area contributed by atoms with Crippen LogP contribution in [0, 0.1) is 11.3 Å². The van der Waals surface area contributed by atoms with Crippen molar-refractivity contribution in [3.05, 3.63) is 117 Å². The van der Waals surface area contributed by atoms with Gasteiger partial charge >= 0.3 is 17.8 Å². The fourth-order valence-corrected chi connectivity index (χ4v) is 4.89. The Morgan fingerprint density at radius 3 is 2.54 bits per heavy atom. The number of hydrogen-bond donors (Lipinski definition) is 1. The largest absolute Gasteiger partial charge is 1.00 e. The molecule has 3 heterocycles. The number of alkyl halides is 3. The second kappa shape index (κ2) is 11.3. The van der Waals surface area contributed by atoms with E-state index in [1.165, 1.54) is 28.7 Å². The Morgan fingerprint density at radius 1 is 1.15 bits per heavy atom. The first-order valence-corrected chi connectivity index (χ1v) is 12.0. The lowest BCUT2D eigenvalue weighted by Crippen LogP contribution is -3.00. The maximum atomic E-state index is 13.6. The van der Waals surface area contributed by atoms with E-state index in [2.05, 4.69) is 16.3 Å². The Morgan fingerprint density at radius 2 is 1.88 bits per heavy atom. The van der Waals surface area contributed by atoms with Gasteiger partial charge in [0.2, 0.25) is 5.95 Å². The van der Waals surface area contributed by atoms with Crippen LogP contribution in [0.1, 0.15) is 35.2 Å². The highest BCUT2D eigenvalue weighted by Gasteiger charge is 2.41. The Hall–Kier alpha value is -4.89. The summed E-state index contributed by atoms with van der Waals surface area (Å²) < 4.78 is 48.8. The van der Waals surface area contributed by atoms with E-state index >= 15 is 0 Å². The van der Waals surface area contributed by atoms with Gasteiger partial charge in [-0.2, -0.15) is 18.4 Å². The molecule has 0 radical (unpaired) electrons. The van der Waals surface area contributed by atoms with Crippen molar-refractivity contribution < 1.29 is 39.7 Å². The number of hydrogen-bond acceptors (Lipinski definition) is 6. The van der Waals surface area contributed by atoms with Crippen LogP contribution in [0.5, 0.6) is 0 Å². The molecule has 1 atom stereocenters. The minimum absolute atomic E-state index is 0. The zero-order valence-electron chi connectivity index (χ0n) is 21.7. The van der Waals surface area contributed by atoms with E-state index in [0.29, 0.717) is 23.2 Å². The van der Waals surface area contributed by atoms with Crippen LogP contribution in [0.4, 0.5) is 24.8 Å². The standard InChI is InChI=1S/C28H21F3N6O3.ClH/c1-17-23(25(38)40-2)24(22-10-9-18(15-32)13-19(22)16-35-11-4-3-5-12-35)37-26(33-34-27(37)39)36(17)21-8-6-7-20(14-21)28(29,30)31;/h3-14,24H,16H2,1-2H3;1H/t24-;/m1./s1. The second-order valence-electron chi connectivity index (χ2n) is 9.05. The van der Waals surface area contributed by atoms with Gasteiger partial charge in [0.25, 0.3) is 0 Å². The van der Waals surface area contributed by atoms with Gasteiger partial charge in [0.1, 0.15) is 6.04 Å². The molecular weight excluding hydrogens is 561 g/mol. The Balaban J connectivity index is 0.00000387. The van der Waals surface area contributed by atoms with E-state index in [1.807, 2.05) is 35.2 Å². The molecule has 0 bridgehead atoms. The van der Waals surface area contributed by atoms with E-state index in [4.69, 9.17) is 4.74 Å². The number of H-pyrrole nitrogens is 1. The molecule has 1 aliphatic rings. The third-order valence-corrected chi connectivity index (χ3v) is 6.68. The summed E-state index contributed by atoms with van der Waals surface area (Å²) >= 11 is 0. The van der Waals surface area contributed by atoms with Gasteiger partial charge in [-0.05, 0) is 42.8 Å². The molecule has 2 aromatic carbocycles. The minimum Gasteiger partial charge on any atom is -1.00 e. The quantitative estimate of drug-likeness (QED) is 0.278. The van der Waals surface area contributed by atoms with Crippen LogP contribution in [0.2, 0.25) is 0 Å². The summed E-state index contributed by atoms with van der Waals surface area (Å²) in [4.78, 5) is 27.8. The molecular formula is C28H22ClF3N6O3. The van der Waals surface area contributed by atoms with Crippen molar-refractivity contribution in [3.8, 4) is 6.07 Å². The molecule has 9 nitrogen and oxygen atoms in total. The summed E-state index contributed by atoms with van der Waals surface area (Å²) in [5, 5.41) is 16.1. The van der Waals surface area contributed by atoms with Gasteiger partial charge in [-0.1, -0.05) is 18.2 Å². The van der Waals surface area contributed by atoms with Crippen molar-refractivity contribution >= 4 is 17.6 Å². The summed E-state index contributed by atoms with van der Waals surface area (Å²) in [6.07, 6.45) is -0.956. The number of nitrogens with zero attached hydrogens (tertiary/aromatic N) is 5. The number of aromatic amines is 1. The number of nitrogens with one attached hydrogen (secondary N) is 1. The van der Waals surface area contributed by atoms with Gasteiger partial charge in [0.15, 0.2) is 18.9 Å². The molecule has 0 unspecified atom stereocenters. The normalized spacial score (nSPS) is 14.6. The number of aromatic nitrogens is 4. The Bertz CT molecular complexity index is 1740. The first-order chi connectivity index (χ1) is 19.1. The number of ether oxygens (including phenoxy) is 1. The van der Waals surface area contributed by atoms with Crippen LogP contribution >= 0.6 is 0 Å². The topological polar surface area (TPSA) is 108 Å². The maximum absolute atomic E-state index is 13.6. The predicted octanol–water partition coefficient (Wildman–Crippen LogP) is 0.990. The molecule has 0 saturated carbocycles. The number of anilines is 2. The number of allylic oxidation sites excluding steroid dienone is 1. The molecule has 0 fully saturated rings. The fourth-order valence-electron chi connectivity index (χ4n) is 4.89. The van der Waals surface area contributed by atoms with Gasteiger partial charge in [0.05, 0.1) is 29.9 Å². The number of nitriles is 1. The highest BCUT2D eigenvalue weighted by molar-refractivity contribution is 5.93. The van der Waals surface area contributed by atoms with Crippen molar-refractivity contribution in [2.45, 2.75) is 25.7 Å². The summed E-state index contributed by atoms with van der Waals surface area (Å²) in [5.74, 6) is -0.789. The highest BCUT2D eigenvalue weighted by Crippen LogP contribution is 2.43. The van der Waals surface area contributed by atoms with Crippen LogP contribution in [-0.2, 0) is 22.3 Å². The summed E-state index contributed by atoms with van der Waals surface area (Å²) in [6, 6.07) is 16.0. The zero-order chi connectivity index (χ0) is 28.6. The molecule has 0 saturated heterocycles. The number of rotatable bonds is 5. The number of methoxy groups -OCH3 is 1. The van der Waals surface area contributed by atoms with Crippen molar-refractivity contribution in [2.24, 2.45) is 0 Å². The predicted molar refractivity (Wildman–Crippen MR) is 136 cm³/mol. The van der Waals surface area contributed by atoms with Gasteiger partial charge < -0.3 is 17.1 Å². The van der Waals surface area contributed by atoms with E-state index in [9.17, 15) is 28.0 Å². The summed E-state index contributed by atoms with van der Waals surface area (Å²) in [6.45, 7) is 1.85. The first-order valence-electron chi connectivity index (χ1n) is 12.0. The van der Waals surface area contributed by atoms with Gasteiger partial charge in [-0.15, -0.1) is 5.10 Å². The molecule has 0 amide bonds. The second-order valence-corrected chi connectivity index (χ2v) is 9.05. The monoisotopic (exact) mass is 582 g/mol. The first kappa shape index (κ1) is 29.1. The van der Waals surface area contributed by atoms with Crippen molar-refractivity contribution in [1.82, 2.24) is 14.8 Å². The molecule has 13 heteroatoms. The Labute approximate surface area is 238 Å². The highest BCUT2D eigenvalue weighted by atomic mass is 35.5. The molecule has 1 N–H and O–H groups in total. The molecule has 2 aromatic heterocycles. The molecule has 4 aromatic rings. The van der Waals surface area contributed by atoms with Crippen molar-refractivity contribution in [1.29, 1.82) is 5.26 Å². The zero-order valence-corrected chi connectivity index (χ0v) is 22.4. The lowest BCUT2D eigenvalue weighted by atomic mass is 9.90. The third-order valence-electron chi connectivity index (χ3n) is 6.68. The van der Waals surface area contributed by atoms with E-state index in [0.717, 1.165) is 12.1 Å². The lowest BCUT2D eigenvalue weighted by Gasteiger charge is -2.36. The van der Waals surface area contributed by atoms with Crippen LogP contribution in [0.25, 0.3) is 0 Å². The minimum atomic E-state index is -4.62. The van der Waals surface area contributed by atoms with Crippen LogP contribution in [0.15, 0.2) is 89.1 Å². The number of fused-ring (bicyclic) bond motifs is 1. The van der Waals surface area contributed by atoms with Crippen molar-refractivity contribution in [3.63, 3.8) is 0 Å². The number of benzene rings is 2. The van der Waals surface area contributed by atoms with Gasteiger partial charge in [-0.25, -0.2) is 23.8 Å². The smallest absolute Gasteiger partial charge is 0.416 e. The molecule has 0 spiro atoms. The average molecular weight is 583 g/mol. The van der Waals surface area contributed by atoms with Crippen LogP contribution in [-0.4, -0.2) is 27.8 Å². The average Bonchev–Trinajstić information content (AvgIpc) is 3.32. The van der Waals surface area contributed by atoms with Crippen LogP contribution in [0.3, 0.4) is 0 Å². The SMILES string of the molecule is COC(=O)C1=C(C)N(c2cccc(C(F)(F)F)c2)c2n[nH]c(=O)n2[C@@H]1c1ccc(C#N)cc1C[n+]1ccccc1.[Cl-]. The molecule has 5 rings (SSSR count). The Kier molecular flexibility index (Phi) is 8.02. The number of halogens is 4. The molecule has 1 aliphatic heterocycles.